The molecular formula is C13H21FN6O2. The monoisotopic (exact) mass is 312 g/mol. The van der Waals surface area contributed by atoms with Crippen LogP contribution in [0.25, 0.3) is 0 Å². The molecule has 122 valence electrons. The summed E-state index contributed by atoms with van der Waals surface area (Å²) in [5, 5.41) is 15.1. The summed E-state index contributed by atoms with van der Waals surface area (Å²) in [6.45, 7) is 4.00. The molecule has 1 fully saturated rings. The number of alkyl halides is 1. The molecule has 22 heavy (non-hydrogen) atoms. The number of nitrogen functional groups attached to an aromatic ring is 1. The Morgan fingerprint density at radius 2 is 2.27 bits per heavy atom. The van der Waals surface area contributed by atoms with Crippen LogP contribution in [0.1, 0.15) is 20.3 Å². The first-order valence-electron chi connectivity index (χ1n) is 7.12. The van der Waals surface area contributed by atoms with Gasteiger partial charge in [-0.3, -0.25) is 0 Å². The van der Waals surface area contributed by atoms with Crippen molar-refractivity contribution < 1.29 is 14.3 Å². The van der Waals surface area contributed by atoms with E-state index in [9.17, 15) is 9.18 Å². The van der Waals surface area contributed by atoms with Crippen LogP contribution < -0.4 is 16.4 Å². The number of nitrogens with two attached hydrogens (primary N) is 1. The molecule has 2 atom stereocenters. The van der Waals surface area contributed by atoms with Gasteiger partial charge in [-0.2, -0.15) is 4.98 Å². The zero-order valence-electron chi connectivity index (χ0n) is 12.6. The van der Waals surface area contributed by atoms with Crippen molar-refractivity contribution in [1.29, 1.82) is 0 Å². The summed E-state index contributed by atoms with van der Waals surface area (Å²) in [7, 11) is 0. The number of hydrogen-bond donors (Lipinski definition) is 4. The fraction of sp³-hybridized carbons (Fsp3) is 0.615. The number of anilines is 3. The highest BCUT2D eigenvalue weighted by atomic mass is 19.1. The molecule has 2 rings (SSSR count). The number of piperidine rings is 1. The van der Waals surface area contributed by atoms with Gasteiger partial charge in [0.1, 0.15) is 6.17 Å². The third-order valence-corrected chi connectivity index (χ3v) is 3.25. The van der Waals surface area contributed by atoms with Crippen molar-refractivity contribution in [2.45, 2.75) is 38.5 Å². The maximum Gasteiger partial charge on any atom is 0.407 e. The van der Waals surface area contributed by atoms with Crippen molar-refractivity contribution >= 4 is 23.5 Å². The van der Waals surface area contributed by atoms with Crippen LogP contribution in [0.5, 0.6) is 0 Å². The van der Waals surface area contributed by atoms with Crippen molar-refractivity contribution in [3.63, 3.8) is 0 Å². The third kappa shape index (κ3) is 4.09. The normalized spacial score (nSPS) is 21.7. The summed E-state index contributed by atoms with van der Waals surface area (Å²) >= 11 is 0. The number of nitrogens with one attached hydrogen (secondary N) is 2. The molecule has 0 bridgehead atoms. The van der Waals surface area contributed by atoms with Crippen LogP contribution in [0.4, 0.5) is 26.6 Å². The smallest absolute Gasteiger partial charge is 0.407 e. The van der Waals surface area contributed by atoms with Gasteiger partial charge in [0, 0.05) is 25.0 Å². The minimum Gasteiger partial charge on any atom is -0.465 e. The van der Waals surface area contributed by atoms with Crippen LogP contribution in [-0.4, -0.2) is 57.4 Å². The Balaban J connectivity index is 2.08. The van der Waals surface area contributed by atoms with E-state index in [0.717, 1.165) is 4.90 Å². The van der Waals surface area contributed by atoms with Gasteiger partial charge in [-0.1, -0.05) is 0 Å². The molecule has 5 N–H and O–H groups in total. The lowest BCUT2D eigenvalue weighted by atomic mass is 10.0. The van der Waals surface area contributed by atoms with Crippen LogP contribution in [-0.2, 0) is 0 Å². The standard InChI is InChI=1S/C13H21FN6O2/c1-7(2)17-11-10(15)4-16-12(19-11)18-9-3-8(14)5-20(6-9)13(21)22/h4,7-9H,3,5-6,15H2,1-2H3,(H,21,22)(H2,16,17,18,19)/t8-,9-/m0/s1. The number of carbonyl (C=O) groups is 1. The molecule has 0 unspecified atom stereocenters. The Morgan fingerprint density at radius 3 is 2.91 bits per heavy atom. The number of rotatable bonds is 4. The van der Waals surface area contributed by atoms with Gasteiger partial charge < -0.3 is 26.4 Å². The highest BCUT2D eigenvalue weighted by Crippen LogP contribution is 2.20. The molecule has 0 radical (unpaired) electrons. The molecule has 1 amide bonds. The van der Waals surface area contributed by atoms with Crippen LogP contribution in [0.3, 0.4) is 0 Å². The number of aromatic nitrogens is 2. The topological polar surface area (TPSA) is 116 Å². The van der Waals surface area contributed by atoms with Crippen LogP contribution in [0.15, 0.2) is 6.20 Å². The molecule has 8 nitrogen and oxygen atoms in total. The van der Waals surface area contributed by atoms with E-state index in [-0.39, 0.29) is 31.6 Å². The average molecular weight is 312 g/mol. The molecule has 0 spiro atoms. The quantitative estimate of drug-likeness (QED) is 0.663. The van der Waals surface area contributed by atoms with Gasteiger partial charge in [-0.15, -0.1) is 0 Å². The minimum absolute atomic E-state index is 0.101. The van der Waals surface area contributed by atoms with Crippen molar-refractivity contribution in [3.8, 4) is 0 Å². The minimum atomic E-state index is -1.20. The van der Waals surface area contributed by atoms with E-state index in [0.29, 0.717) is 17.5 Å². The van der Waals surface area contributed by atoms with Gasteiger partial charge in [0.25, 0.3) is 0 Å². The Labute approximate surface area is 127 Å². The SMILES string of the molecule is CC(C)Nc1nc(N[C@H]2C[C@H](F)CN(C(=O)O)C2)ncc1N. The molecule has 0 saturated carbocycles. The summed E-state index contributed by atoms with van der Waals surface area (Å²) in [6, 6.07) is -0.229. The summed E-state index contributed by atoms with van der Waals surface area (Å²) in [5.74, 6) is 0.789. The van der Waals surface area contributed by atoms with Gasteiger partial charge in [0.05, 0.1) is 18.4 Å². The van der Waals surface area contributed by atoms with Gasteiger partial charge in [0.2, 0.25) is 5.95 Å². The van der Waals surface area contributed by atoms with Crippen LogP contribution in [0.2, 0.25) is 0 Å². The molecular weight excluding hydrogens is 291 g/mol. The summed E-state index contributed by atoms with van der Waals surface area (Å²) < 4.78 is 13.6. The molecule has 1 aliphatic heterocycles. The Hall–Kier alpha value is -2.32. The maximum absolute atomic E-state index is 13.6. The van der Waals surface area contributed by atoms with Crippen LogP contribution >= 0.6 is 0 Å². The van der Waals surface area contributed by atoms with E-state index in [1.165, 1.54) is 6.20 Å². The number of likely N-dealkylation sites (tertiary alicyclic amines) is 1. The van der Waals surface area contributed by atoms with Gasteiger partial charge in [-0.05, 0) is 13.8 Å². The van der Waals surface area contributed by atoms with E-state index >= 15 is 0 Å². The highest BCUT2D eigenvalue weighted by Gasteiger charge is 2.30. The molecule has 1 aromatic rings. The second-order valence-corrected chi connectivity index (χ2v) is 5.66. The van der Waals surface area contributed by atoms with Crippen molar-refractivity contribution in [2.75, 3.05) is 29.5 Å². The lowest BCUT2D eigenvalue weighted by Crippen LogP contribution is -2.49. The molecule has 1 aliphatic rings. The fourth-order valence-corrected chi connectivity index (χ4v) is 2.33. The van der Waals surface area contributed by atoms with E-state index in [1.807, 2.05) is 13.8 Å². The summed E-state index contributed by atoms with van der Waals surface area (Å²) in [6.07, 6.45) is -0.659. The predicted octanol–water partition coefficient (Wildman–Crippen LogP) is 1.38. The lowest BCUT2D eigenvalue weighted by Gasteiger charge is -2.33. The van der Waals surface area contributed by atoms with Gasteiger partial charge >= 0.3 is 6.09 Å². The second-order valence-electron chi connectivity index (χ2n) is 5.66. The van der Waals surface area contributed by atoms with E-state index < -0.39 is 12.3 Å². The average Bonchev–Trinajstić information content (AvgIpc) is 2.41. The molecule has 0 aromatic carbocycles. The van der Waals surface area contributed by atoms with Crippen molar-refractivity contribution in [3.05, 3.63) is 6.20 Å². The fourth-order valence-electron chi connectivity index (χ4n) is 2.33. The maximum atomic E-state index is 13.6. The third-order valence-electron chi connectivity index (χ3n) is 3.25. The number of carboxylic acid groups (broad SMARTS) is 1. The summed E-state index contributed by atoms with van der Waals surface area (Å²) in [4.78, 5) is 20.4. The van der Waals surface area contributed by atoms with Crippen LogP contribution in [0, 0.1) is 0 Å². The second kappa shape index (κ2) is 6.63. The Morgan fingerprint density at radius 1 is 1.55 bits per heavy atom. The molecule has 1 aromatic heterocycles. The number of halogens is 1. The largest absolute Gasteiger partial charge is 0.465 e. The first kappa shape index (κ1) is 16.1. The van der Waals surface area contributed by atoms with E-state index in [2.05, 4.69) is 20.6 Å². The molecule has 1 saturated heterocycles. The predicted molar refractivity (Wildman–Crippen MR) is 81.7 cm³/mol. The van der Waals surface area contributed by atoms with Crippen molar-refractivity contribution in [2.24, 2.45) is 0 Å². The first-order valence-corrected chi connectivity index (χ1v) is 7.12. The lowest BCUT2D eigenvalue weighted by molar-refractivity contribution is 0.102. The zero-order valence-corrected chi connectivity index (χ0v) is 12.6. The van der Waals surface area contributed by atoms with Crippen molar-refractivity contribution in [1.82, 2.24) is 14.9 Å². The zero-order chi connectivity index (χ0) is 16.3. The number of nitrogens with zero attached hydrogens (tertiary/aromatic N) is 3. The summed E-state index contributed by atoms with van der Waals surface area (Å²) in [5.41, 5.74) is 6.21. The molecule has 9 heteroatoms. The van der Waals surface area contributed by atoms with E-state index in [4.69, 9.17) is 10.8 Å². The van der Waals surface area contributed by atoms with E-state index in [1.54, 1.807) is 0 Å². The van der Waals surface area contributed by atoms with Gasteiger partial charge in [0.15, 0.2) is 5.82 Å². The Kier molecular flexibility index (Phi) is 4.84. The number of amides is 1. The molecule has 0 aliphatic carbocycles. The Bertz CT molecular complexity index is 541. The first-order chi connectivity index (χ1) is 10.3. The molecule has 2 heterocycles. The highest BCUT2D eigenvalue weighted by molar-refractivity contribution is 5.65. The van der Waals surface area contributed by atoms with Gasteiger partial charge in [-0.25, -0.2) is 14.2 Å². The number of hydrogen-bond acceptors (Lipinski definition) is 6.